The van der Waals surface area contributed by atoms with Gasteiger partial charge in [0.1, 0.15) is 4.90 Å². The fourth-order valence-corrected chi connectivity index (χ4v) is 4.66. The predicted octanol–water partition coefficient (Wildman–Crippen LogP) is 3.40. The minimum absolute atomic E-state index is 0.257. The fraction of sp³-hybridized carbons (Fsp3) is 0.611. The van der Waals surface area contributed by atoms with Crippen LogP contribution in [0.4, 0.5) is 5.69 Å². The van der Waals surface area contributed by atoms with Gasteiger partial charge >= 0.3 is 0 Å². The molecule has 0 N–H and O–H groups in total. The van der Waals surface area contributed by atoms with Crippen LogP contribution in [0.2, 0.25) is 0 Å². The number of unbranched alkanes of at least 4 members (excludes halogenated alkanes) is 2. The van der Waals surface area contributed by atoms with Crippen LogP contribution in [0.15, 0.2) is 29.2 Å². The third kappa shape index (κ3) is 4.09. The van der Waals surface area contributed by atoms with E-state index in [4.69, 9.17) is 0 Å². The number of hydrogen-bond donors (Lipinski definition) is 0. The Balaban J connectivity index is 2.38. The normalized spacial score (nSPS) is 15.1. The Morgan fingerprint density at radius 2 is 1.71 bits per heavy atom. The summed E-state index contributed by atoms with van der Waals surface area (Å²) in [4.78, 5) is 14.4. The Bertz CT molecular complexity index is 650. The maximum absolute atomic E-state index is 13.0. The van der Waals surface area contributed by atoms with E-state index in [1.165, 1.54) is 0 Å². The second-order valence-electron chi connectivity index (χ2n) is 6.24. The van der Waals surface area contributed by atoms with Crippen LogP contribution in [0.3, 0.4) is 0 Å². The van der Waals surface area contributed by atoms with Crippen molar-refractivity contribution >= 4 is 21.6 Å². The van der Waals surface area contributed by atoms with Crippen molar-refractivity contribution in [2.45, 2.75) is 57.3 Å². The van der Waals surface area contributed by atoms with Gasteiger partial charge in [-0.25, -0.2) is 12.7 Å². The lowest BCUT2D eigenvalue weighted by Crippen LogP contribution is -2.34. The van der Waals surface area contributed by atoms with Crippen LogP contribution in [0.5, 0.6) is 0 Å². The second kappa shape index (κ2) is 8.51. The lowest BCUT2D eigenvalue weighted by atomic mass is 10.2. The smallest absolute Gasteiger partial charge is 0.268 e. The van der Waals surface area contributed by atoms with Crippen molar-refractivity contribution in [3.63, 3.8) is 0 Å². The Labute approximate surface area is 145 Å². The molecule has 1 aromatic rings. The first-order valence-electron chi connectivity index (χ1n) is 8.92. The van der Waals surface area contributed by atoms with Crippen LogP contribution in [0.25, 0.3) is 0 Å². The van der Waals surface area contributed by atoms with E-state index in [-0.39, 0.29) is 10.8 Å². The molecule has 2 rings (SSSR count). The highest BCUT2D eigenvalue weighted by Crippen LogP contribution is 2.30. The van der Waals surface area contributed by atoms with Gasteiger partial charge in [0.2, 0.25) is 5.91 Å². The molecule has 24 heavy (non-hydrogen) atoms. The zero-order valence-electron chi connectivity index (χ0n) is 14.7. The van der Waals surface area contributed by atoms with Crippen LogP contribution in [-0.4, -0.2) is 38.3 Å². The summed E-state index contributed by atoms with van der Waals surface area (Å²) < 4.78 is 27.0. The van der Waals surface area contributed by atoms with Crippen molar-refractivity contribution in [1.82, 2.24) is 4.31 Å². The number of anilines is 1. The average molecular weight is 353 g/mol. The lowest BCUT2D eigenvalue weighted by molar-refractivity contribution is -0.123. The first-order valence-corrected chi connectivity index (χ1v) is 10.4. The zero-order chi connectivity index (χ0) is 17.6. The van der Waals surface area contributed by atoms with Crippen LogP contribution in [0.1, 0.15) is 52.4 Å². The monoisotopic (exact) mass is 352 g/mol. The number of para-hydroxylation sites is 1. The molecule has 6 heteroatoms. The molecule has 0 unspecified atom stereocenters. The highest BCUT2D eigenvalue weighted by atomic mass is 32.2. The van der Waals surface area contributed by atoms with Crippen molar-refractivity contribution in [1.29, 1.82) is 0 Å². The summed E-state index contributed by atoms with van der Waals surface area (Å²) in [6.07, 6.45) is 5.07. The molecule has 1 amide bonds. The summed E-state index contributed by atoms with van der Waals surface area (Å²) in [5.74, 6) is -0.293. The summed E-state index contributed by atoms with van der Waals surface area (Å²) in [6.45, 7) is 6.21. The first kappa shape index (κ1) is 18.8. The molecule has 0 bridgehead atoms. The molecule has 0 aromatic heterocycles. The van der Waals surface area contributed by atoms with Crippen molar-refractivity contribution < 1.29 is 13.2 Å². The van der Waals surface area contributed by atoms with E-state index >= 15 is 0 Å². The van der Waals surface area contributed by atoms with E-state index in [0.29, 0.717) is 19.4 Å². The number of nitrogens with zero attached hydrogens (tertiary/aromatic N) is 2. The number of rotatable bonds is 9. The van der Waals surface area contributed by atoms with Gasteiger partial charge in [-0.15, -0.1) is 0 Å². The first-order chi connectivity index (χ1) is 11.5. The molecule has 0 spiro atoms. The number of sulfonamides is 1. The predicted molar refractivity (Wildman–Crippen MR) is 96.6 cm³/mol. The molecular weight excluding hydrogens is 324 g/mol. The van der Waals surface area contributed by atoms with E-state index in [1.807, 2.05) is 12.1 Å². The molecule has 1 fully saturated rings. The van der Waals surface area contributed by atoms with Gasteiger partial charge < -0.3 is 4.90 Å². The molecule has 5 nitrogen and oxygen atoms in total. The topological polar surface area (TPSA) is 57.7 Å². The van der Waals surface area contributed by atoms with Gasteiger partial charge in [0.25, 0.3) is 10.0 Å². The van der Waals surface area contributed by atoms with Gasteiger partial charge in [-0.2, -0.15) is 0 Å². The van der Waals surface area contributed by atoms with Gasteiger partial charge in [0.05, 0.1) is 5.69 Å². The standard InChI is InChI=1S/C18H28N2O3S/c1-3-5-13-19(14-6-4-2)16-10-7-8-11-17(16)24(22,23)20-15-9-12-18(20)21/h7-8,10-11H,3-6,9,12-15H2,1-2H3. The third-order valence-electron chi connectivity index (χ3n) is 4.37. The summed E-state index contributed by atoms with van der Waals surface area (Å²) in [6, 6.07) is 7.08. The quantitative estimate of drug-likeness (QED) is 0.683. The summed E-state index contributed by atoms with van der Waals surface area (Å²) >= 11 is 0. The largest absolute Gasteiger partial charge is 0.370 e. The van der Waals surface area contributed by atoms with E-state index in [1.54, 1.807) is 12.1 Å². The minimum atomic E-state index is -3.77. The molecule has 1 saturated heterocycles. The van der Waals surface area contributed by atoms with Crippen LogP contribution < -0.4 is 4.90 Å². The molecule has 1 heterocycles. The Morgan fingerprint density at radius 3 is 2.25 bits per heavy atom. The molecule has 0 radical (unpaired) electrons. The fourth-order valence-electron chi connectivity index (χ4n) is 2.98. The highest BCUT2D eigenvalue weighted by molar-refractivity contribution is 7.89. The number of hydrogen-bond acceptors (Lipinski definition) is 4. The summed E-state index contributed by atoms with van der Waals surface area (Å²) in [5, 5.41) is 0. The molecule has 0 saturated carbocycles. The van der Waals surface area contributed by atoms with Crippen LogP contribution in [-0.2, 0) is 14.8 Å². The Kier molecular flexibility index (Phi) is 6.66. The molecular formula is C18H28N2O3S. The third-order valence-corrected chi connectivity index (χ3v) is 6.23. The minimum Gasteiger partial charge on any atom is -0.370 e. The SMILES string of the molecule is CCCCN(CCCC)c1ccccc1S(=O)(=O)N1CCCC1=O. The molecule has 1 aliphatic rings. The van der Waals surface area contributed by atoms with Gasteiger partial charge in [-0.1, -0.05) is 38.8 Å². The van der Waals surface area contributed by atoms with Crippen molar-refractivity contribution in [3.05, 3.63) is 24.3 Å². The zero-order valence-corrected chi connectivity index (χ0v) is 15.5. The van der Waals surface area contributed by atoms with Gasteiger partial charge in [-0.3, -0.25) is 4.79 Å². The van der Waals surface area contributed by atoms with Gasteiger partial charge in [-0.05, 0) is 31.4 Å². The molecule has 1 aliphatic heterocycles. The average Bonchev–Trinajstić information content (AvgIpc) is 3.02. The lowest BCUT2D eigenvalue weighted by Gasteiger charge is -2.28. The number of carbonyl (C=O) groups is 1. The van der Waals surface area contributed by atoms with Gasteiger partial charge in [0, 0.05) is 26.1 Å². The maximum atomic E-state index is 13.0. The molecule has 0 atom stereocenters. The molecule has 134 valence electrons. The van der Waals surface area contributed by atoms with E-state index in [2.05, 4.69) is 18.7 Å². The Hall–Kier alpha value is -1.56. The van der Waals surface area contributed by atoms with E-state index in [0.717, 1.165) is 48.8 Å². The summed E-state index contributed by atoms with van der Waals surface area (Å²) in [5.41, 5.74) is 0.721. The van der Waals surface area contributed by atoms with E-state index < -0.39 is 10.0 Å². The van der Waals surface area contributed by atoms with Crippen molar-refractivity contribution in [3.8, 4) is 0 Å². The number of benzene rings is 1. The Morgan fingerprint density at radius 1 is 1.08 bits per heavy atom. The van der Waals surface area contributed by atoms with Gasteiger partial charge in [0.15, 0.2) is 0 Å². The number of amides is 1. The van der Waals surface area contributed by atoms with Crippen molar-refractivity contribution in [2.24, 2.45) is 0 Å². The molecule has 1 aromatic carbocycles. The maximum Gasteiger partial charge on any atom is 0.268 e. The van der Waals surface area contributed by atoms with Crippen molar-refractivity contribution in [2.75, 3.05) is 24.5 Å². The molecule has 0 aliphatic carbocycles. The number of carbonyl (C=O) groups excluding carboxylic acids is 1. The summed E-state index contributed by atoms with van der Waals surface area (Å²) in [7, 11) is -3.77. The van der Waals surface area contributed by atoms with Crippen LogP contribution >= 0.6 is 0 Å². The van der Waals surface area contributed by atoms with Crippen LogP contribution in [0, 0.1) is 0 Å². The van der Waals surface area contributed by atoms with E-state index in [9.17, 15) is 13.2 Å². The highest BCUT2D eigenvalue weighted by Gasteiger charge is 2.34. The second-order valence-corrected chi connectivity index (χ2v) is 8.07.